The highest BCUT2D eigenvalue weighted by atomic mass is 35.5. The molecule has 0 bridgehead atoms. The first-order chi connectivity index (χ1) is 12.1. The van der Waals surface area contributed by atoms with Crippen molar-refractivity contribution < 1.29 is 14.3 Å². The average Bonchev–Trinajstić information content (AvgIpc) is 3.49. The molecule has 0 aromatic heterocycles. The molecule has 2 aliphatic rings. The fraction of sp³-hybridized carbons (Fsp3) is 0.550. The zero-order chi connectivity index (χ0) is 17.8. The van der Waals surface area contributed by atoms with Gasteiger partial charge in [0.05, 0.1) is 18.7 Å². The quantitative estimate of drug-likeness (QED) is 0.604. The van der Waals surface area contributed by atoms with E-state index in [1.807, 2.05) is 24.0 Å². The Morgan fingerprint density at radius 3 is 2.68 bits per heavy atom. The van der Waals surface area contributed by atoms with Gasteiger partial charge in [0.2, 0.25) is 5.91 Å². The van der Waals surface area contributed by atoms with Crippen molar-refractivity contribution in [2.75, 3.05) is 20.3 Å². The second-order valence-corrected chi connectivity index (χ2v) is 7.29. The number of carbonyl (C=O) groups is 1. The second kappa shape index (κ2) is 8.13. The van der Waals surface area contributed by atoms with Crippen LogP contribution in [0, 0.1) is 5.92 Å². The summed E-state index contributed by atoms with van der Waals surface area (Å²) in [5.74, 6) is 1.95. The number of ether oxygens (including phenoxy) is 2. The van der Waals surface area contributed by atoms with Gasteiger partial charge in [-0.1, -0.05) is 18.5 Å². The van der Waals surface area contributed by atoms with E-state index >= 15 is 0 Å². The normalized spacial score (nSPS) is 16.9. The summed E-state index contributed by atoms with van der Waals surface area (Å²) in [6.45, 7) is 3.53. The standard InChI is InChI=1S/C20H26ClNO3/c1-3-10-25-20-17(21)11-15(12-18(20)24-2)6-9-19(23)22(16-7-8-16)13-14-4-5-14/h6,9,11-12,14,16H,3-5,7-8,10,13H2,1-2H3/b9-6+. The number of nitrogens with zero attached hydrogens (tertiary/aromatic N) is 1. The molecule has 0 atom stereocenters. The number of carbonyl (C=O) groups excluding carboxylic acids is 1. The minimum absolute atomic E-state index is 0.0933. The van der Waals surface area contributed by atoms with Crippen LogP contribution in [0.25, 0.3) is 6.08 Å². The van der Waals surface area contributed by atoms with E-state index in [9.17, 15) is 4.79 Å². The first-order valence-corrected chi connectivity index (χ1v) is 9.49. The predicted molar refractivity (Wildman–Crippen MR) is 100 cm³/mol. The molecule has 0 saturated heterocycles. The molecule has 2 fully saturated rings. The van der Waals surface area contributed by atoms with Crippen molar-refractivity contribution in [2.45, 2.75) is 45.1 Å². The van der Waals surface area contributed by atoms with Crippen LogP contribution in [0.4, 0.5) is 0 Å². The van der Waals surface area contributed by atoms with Crippen molar-refractivity contribution in [1.29, 1.82) is 0 Å². The van der Waals surface area contributed by atoms with Gasteiger partial charge in [-0.2, -0.15) is 0 Å². The Balaban J connectivity index is 1.71. The third kappa shape index (κ3) is 4.91. The molecular formula is C20H26ClNO3. The molecule has 1 aromatic carbocycles. The molecule has 1 aromatic rings. The van der Waals surface area contributed by atoms with E-state index < -0.39 is 0 Å². The molecular weight excluding hydrogens is 338 g/mol. The molecule has 0 spiro atoms. The van der Waals surface area contributed by atoms with E-state index in [0.29, 0.717) is 35.1 Å². The fourth-order valence-corrected chi connectivity index (χ4v) is 3.10. The van der Waals surface area contributed by atoms with Gasteiger partial charge in [0.1, 0.15) is 0 Å². The van der Waals surface area contributed by atoms with Gasteiger partial charge >= 0.3 is 0 Å². The van der Waals surface area contributed by atoms with Crippen molar-refractivity contribution in [3.05, 3.63) is 28.8 Å². The van der Waals surface area contributed by atoms with Crippen molar-refractivity contribution in [2.24, 2.45) is 5.92 Å². The maximum Gasteiger partial charge on any atom is 0.246 e. The Hall–Kier alpha value is -1.68. The predicted octanol–water partition coefficient (Wildman–Crippen LogP) is 4.55. The number of methoxy groups -OCH3 is 1. The Kier molecular flexibility index (Phi) is 5.89. The van der Waals surface area contributed by atoms with Crippen LogP contribution in [0.5, 0.6) is 11.5 Å². The van der Waals surface area contributed by atoms with Gasteiger partial charge in [-0.3, -0.25) is 4.79 Å². The summed E-state index contributed by atoms with van der Waals surface area (Å²) in [5, 5.41) is 0.497. The van der Waals surface area contributed by atoms with E-state index in [1.54, 1.807) is 19.3 Å². The van der Waals surface area contributed by atoms with Crippen LogP contribution in [0.1, 0.15) is 44.6 Å². The molecule has 25 heavy (non-hydrogen) atoms. The lowest BCUT2D eigenvalue weighted by Gasteiger charge is -2.20. The number of halogens is 1. The zero-order valence-electron chi connectivity index (χ0n) is 15.0. The first-order valence-electron chi connectivity index (χ1n) is 9.11. The highest BCUT2D eigenvalue weighted by molar-refractivity contribution is 6.32. The lowest BCUT2D eigenvalue weighted by atomic mass is 10.1. The van der Waals surface area contributed by atoms with Crippen LogP contribution in [0.15, 0.2) is 18.2 Å². The van der Waals surface area contributed by atoms with Crippen LogP contribution < -0.4 is 9.47 Å². The summed E-state index contributed by atoms with van der Waals surface area (Å²) in [5.41, 5.74) is 0.834. The highest BCUT2D eigenvalue weighted by Crippen LogP contribution is 2.37. The van der Waals surface area contributed by atoms with E-state index in [0.717, 1.165) is 31.4 Å². The number of benzene rings is 1. The Labute approximate surface area is 154 Å². The SMILES string of the molecule is CCCOc1c(Cl)cc(/C=C/C(=O)N(CC2CC2)C2CC2)cc1OC. The van der Waals surface area contributed by atoms with Crippen molar-refractivity contribution >= 4 is 23.6 Å². The number of amides is 1. The highest BCUT2D eigenvalue weighted by Gasteiger charge is 2.35. The first kappa shape index (κ1) is 18.1. The molecule has 0 radical (unpaired) electrons. The Morgan fingerprint density at radius 2 is 2.08 bits per heavy atom. The molecule has 2 saturated carbocycles. The molecule has 4 nitrogen and oxygen atoms in total. The van der Waals surface area contributed by atoms with Gasteiger partial charge in [-0.25, -0.2) is 0 Å². The third-order valence-electron chi connectivity index (χ3n) is 4.54. The van der Waals surface area contributed by atoms with Gasteiger partial charge in [0.25, 0.3) is 0 Å². The van der Waals surface area contributed by atoms with E-state index in [1.165, 1.54) is 12.8 Å². The molecule has 1 amide bonds. The van der Waals surface area contributed by atoms with E-state index in [4.69, 9.17) is 21.1 Å². The lowest BCUT2D eigenvalue weighted by Crippen LogP contribution is -2.33. The summed E-state index contributed by atoms with van der Waals surface area (Å²) in [6.07, 6.45) is 9.14. The van der Waals surface area contributed by atoms with Gasteiger partial charge < -0.3 is 14.4 Å². The molecule has 136 valence electrons. The van der Waals surface area contributed by atoms with Gasteiger partial charge in [0, 0.05) is 18.7 Å². The fourth-order valence-electron chi connectivity index (χ4n) is 2.83. The van der Waals surface area contributed by atoms with Crippen LogP contribution >= 0.6 is 11.6 Å². The molecule has 0 aliphatic heterocycles. The monoisotopic (exact) mass is 363 g/mol. The number of rotatable bonds is 9. The summed E-state index contributed by atoms with van der Waals surface area (Å²) in [6, 6.07) is 4.10. The molecule has 0 heterocycles. The van der Waals surface area contributed by atoms with Crippen LogP contribution in [0.2, 0.25) is 5.02 Å². The lowest BCUT2D eigenvalue weighted by molar-refractivity contribution is -0.126. The summed E-state index contributed by atoms with van der Waals surface area (Å²) in [7, 11) is 1.59. The zero-order valence-corrected chi connectivity index (χ0v) is 15.7. The van der Waals surface area contributed by atoms with Gasteiger partial charge in [-0.15, -0.1) is 0 Å². The van der Waals surface area contributed by atoms with E-state index in [2.05, 4.69) is 0 Å². The molecule has 0 unspecified atom stereocenters. The summed E-state index contributed by atoms with van der Waals surface area (Å²) < 4.78 is 11.0. The Bertz CT molecular complexity index is 651. The third-order valence-corrected chi connectivity index (χ3v) is 4.82. The van der Waals surface area contributed by atoms with Crippen LogP contribution in [-0.4, -0.2) is 37.1 Å². The summed E-state index contributed by atoms with van der Waals surface area (Å²) in [4.78, 5) is 14.6. The van der Waals surface area contributed by atoms with Crippen molar-refractivity contribution in [1.82, 2.24) is 4.90 Å². The number of hydrogen-bond donors (Lipinski definition) is 0. The minimum atomic E-state index is 0.0933. The minimum Gasteiger partial charge on any atom is -0.493 e. The molecule has 5 heteroatoms. The van der Waals surface area contributed by atoms with E-state index in [-0.39, 0.29) is 5.91 Å². The topological polar surface area (TPSA) is 38.8 Å². The molecule has 3 rings (SSSR count). The van der Waals surface area contributed by atoms with Crippen molar-refractivity contribution in [3.8, 4) is 11.5 Å². The molecule has 2 aliphatic carbocycles. The summed E-state index contributed by atoms with van der Waals surface area (Å²) >= 11 is 6.33. The largest absolute Gasteiger partial charge is 0.493 e. The maximum atomic E-state index is 12.6. The second-order valence-electron chi connectivity index (χ2n) is 6.88. The Morgan fingerprint density at radius 1 is 1.32 bits per heavy atom. The molecule has 0 N–H and O–H groups in total. The smallest absolute Gasteiger partial charge is 0.246 e. The van der Waals surface area contributed by atoms with Gasteiger partial charge in [-0.05, 0) is 61.8 Å². The average molecular weight is 364 g/mol. The van der Waals surface area contributed by atoms with Crippen molar-refractivity contribution in [3.63, 3.8) is 0 Å². The van der Waals surface area contributed by atoms with Crippen LogP contribution in [-0.2, 0) is 4.79 Å². The van der Waals surface area contributed by atoms with Gasteiger partial charge in [0.15, 0.2) is 11.5 Å². The maximum absolute atomic E-state index is 12.6. The number of hydrogen-bond acceptors (Lipinski definition) is 3. The van der Waals surface area contributed by atoms with Crippen LogP contribution in [0.3, 0.4) is 0 Å².